The summed E-state index contributed by atoms with van der Waals surface area (Å²) in [5.41, 5.74) is 4.54. The number of aliphatic hydroxyl groups excluding tert-OH is 1. The van der Waals surface area contributed by atoms with Gasteiger partial charge in [-0.3, -0.25) is 4.79 Å². The summed E-state index contributed by atoms with van der Waals surface area (Å²) in [6, 6.07) is 20.1. The van der Waals surface area contributed by atoms with Gasteiger partial charge in [0.1, 0.15) is 13.2 Å². The van der Waals surface area contributed by atoms with Crippen molar-refractivity contribution >= 4 is 28.4 Å². The minimum Gasteiger partial charge on any atom is -0.486 e. The van der Waals surface area contributed by atoms with E-state index in [1.165, 1.54) is 4.90 Å². The molecule has 0 saturated heterocycles. The molecular weight excluding hydrogens is 458 g/mol. The maximum atomic E-state index is 13.3. The van der Waals surface area contributed by atoms with Crippen molar-refractivity contribution in [3.8, 4) is 22.6 Å². The van der Waals surface area contributed by atoms with E-state index >= 15 is 0 Å². The lowest BCUT2D eigenvalue weighted by atomic mass is 9.96. The molecule has 5 rings (SSSR count). The largest absolute Gasteiger partial charge is 0.486 e. The maximum absolute atomic E-state index is 13.3. The molecule has 6 heteroatoms. The van der Waals surface area contributed by atoms with Gasteiger partial charge in [0.05, 0.1) is 5.56 Å². The van der Waals surface area contributed by atoms with Crippen molar-refractivity contribution < 1.29 is 19.4 Å². The van der Waals surface area contributed by atoms with Gasteiger partial charge >= 0.3 is 0 Å². The number of thioether (sulfide) groups is 1. The molecular formula is C29H27NO4S. The number of aliphatic hydroxyl groups is 1. The van der Waals surface area contributed by atoms with Crippen LogP contribution in [0.2, 0.25) is 0 Å². The van der Waals surface area contributed by atoms with E-state index in [1.54, 1.807) is 23.9 Å². The number of aromatic nitrogens is 1. The molecule has 178 valence electrons. The summed E-state index contributed by atoms with van der Waals surface area (Å²) in [6.45, 7) is 0.796. The van der Waals surface area contributed by atoms with Crippen LogP contribution in [0.1, 0.15) is 15.9 Å². The molecule has 0 fully saturated rings. The second-order valence-electron chi connectivity index (χ2n) is 8.51. The highest BCUT2D eigenvalue weighted by Gasteiger charge is 2.22. The molecule has 0 unspecified atom stereocenters. The molecule has 0 bridgehead atoms. The maximum Gasteiger partial charge on any atom is 0.189 e. The third kappa shape index (κ3) is 4.99. The molecule has 1 aliphatic heterocycles. The monoisotopic (exact) mass is 485 g/mol. The highest BCUT2D eigenvalue weighted by atomic mass is 32.2. The molecule has 35 heavy (non-hydrogen) atoms. The quantitative estimate of drug-likeness (QED) is 0.184. The fourth-order valence-corrected chi connectivity index (χ4v) is 4.78. The van der Waals surface area contributed by atoms with Gasteiger partial charge in [0, 0.05) is 34.5 Å². The van der Waals surface area contributed by atoms with E-state index in [4.69, 9.17) is 9.47 Å². The van der Waals surface area contributed by atoms with E-state index in [0.29, 0.717) is 36.7 Å². The number of benzene rings is 3. The van der Waals surface area contributed by atoms with E-state index in [0.717, 1.165) is 27.6 Å². The van der Waals surface area contributed by atoms with Gasteiger partial charge in [-0.05, 0) is 65.8 Å². The number of hydrogen-bond donors (Lipinski definition) is 2. The van der Waals surface area contributed by atoms with Crippen molar-refractivity contribution in [2.75, 3.05) is 26.1 Å². The molecule has 1 aromatic heterocycles. The van der Waals surface area contributed by atoms with Crippen LogP contribution in [0.15, 0.2) is 83.9 Å². The summed E-state index contributed by atoms with van der Waals surface area (Å²) >= 11 is 1.69. The second kappa shape index (κ2) is 10.4. The van der Waals surface area contributed by atoms with Crippen LogP contribution < -0.4 is 9.47 Å². The van der Waals surface area contributed by atoms with Gasteiger partial charge in [-0.25, -0.2) is 0 Å². The van der Waals surface area contributed by atoms with Crippen LogP contribution in [-0.2, 0) is 6.42 Å². The third-order valence-corrected chi connectivity index (χ3v) is 6.99. The summed E-state index contributed by atoms with van der Waals surface area (Å²) in [5.74, 6) is 0.699. The van der Waals surface area contributed by atoms with Crippen molar-refractivity contribution in [1.29, 1.82) is 0 Å². The van der Waals surface area contributed by atoms with Gasteiger partial charge in [0.25, 0.3) is 0 Å². The van der Waals surface area contributed by atoms with Gasteiger partial charge in [0.2, 0.25) is 0 Å². The average Bonchev–Trinajstić information content (AvgIpc) is 3.33. The Hall–Kier alpha value is -3.48. The van der Waals surface area contributed by atoms with Gasteiger partial charge in [-0.2, -0.15) is 0 Å². The molecule has 2 N–H and O–H groups in total. The highest BCUT2D eigenvalue weighted by molar-refractivity contribution is 7.98. The number of hydrogen-bond acceptors (Lipinski definition) is 5. The van der Waals surface area contributed by atoms with Gasteiger partial charge < -0.3 is 19.6 Å². The molecule has 2 heterocycles. The Morgan fingerprint density at radius 3 is 2.69 bits per heavy atom. The van der Waals surface area contributed by atoms with Crippen molar-refractivity contribution in [2.45, 2.75) is 11.3 Å². The predicted molar refractivity (Wildman–Crippen MR) is 141 cm³/mol. The first-order chi connectivity index (χ1) is 17.2. The Morgan fingerprint density at radius 2 is 1.89 bits per heavy atom. The minimum atomic E-state index is -0.187. The number of rotatable bonds is 8. The summed E-state index contributed by atoms with van der Waals surface area (Å²) in [4.78, 5) is 17.8. The smallest absolute Gasteiger partial charge is 0.189 e. The number of allylic oxidation sites excluding steroid dienone is 1. The number of nitrogens with one attached hydrogen (secondary N) is 1. The SMILES string of the molecule is CSc1ccc(-c2cc3c(c(C(=O)/C=C\[C@@H](CO)Cc4c[nH]c5ccccc45)c2)OCCO3)cc1. The molecule has 0 aliphatic carbocycles. The summed E-state index contributed by atoms with van der Waals surface area (Å²) in [5, 5.41) is 11.1. The molecule has 5 nitrogen and oxygen atoms in total. The summed E-state index contributed by atoms with van der Waals surface area (Å²) in [7, 11) is 0. The Bertz CT molecular complexity index is 1370. The Balaban J connectivity index is 1.42. The van der Waals surface area contributed by atoms with Gasteiger partial charge in [-0.15, -0.1) is 11.8 Å². The number of carbonyl (C=O) groups is 1. The molecule has 0 saturated carbocycles. The van der Waals surface area contributed by atoms with Crippen molar-refractivity contribution in [3.63, 3.8) is 0 Å². The standard InChI is InChI=1S/C29H27NO4S/c1-35-23-9-7-20(8-10-23)21-15-25(29-28(16-21)33-12-13-34-29)27(32)11-6-19(18-31)14-22-17-30-26-5-3-2-4-24(22)26/h2-11,15-17,19,30-31H,12-14,18H2,1H3/b11-6-/t19-/m1/s1. The molecule has 1 aliphatic rings. The summed E-state index contributed by atoms with van der Waals surface area (Å²) in [6.07, 6.45) is 7.98. The lowest BCUT2D eigenvalue weighted by Gasteiger charge is -2.21. The summed E-state index contributed by atoms with van der Waals surface area (Å²) < 4.78 is 11.7. The molecule has 0 radical (unpaired) electrons. The molecule has 3 aromatic carbocycles. The Kier molecular flexibility index (Phi) is 6.93. The highest BCUT2D eigenvalue weighted by Crippen LogP contribution is 2.39. The Morgan fingerprint density at radius 1 is 1.09 bits per heavy atom. The van der Waals surface area contributed by atoms with Crippen molar-refractivity contribution in [1.82, 2.24) is 4.98 Å². The first kappa shape index (κ1) is 23.3. The van der Waals surface area contributed by atoms with E-state index in [2.05, 4.69) is 23.2 Å². The van der Waals surface area contributed by atoms with Crippen LogP contribution in [0.25, 0.3) is 22.0 Å². The zero-order chi connectivity index (χ0) is 24.2. The number of aromatic amines is 1. The molecule has 0 amide bonds. The van der Waals surface area contributed by atoms with Crippen molar-refractivity contribution in [3.05, 3.63) is 90.1 Å². The topological polar surface area (TPSA) is 71.5 Å². The first-order valence-electron chi connectivity index (χ1n) is 11.6. The number of H-pyrrole nitrogens is 1. The van der Waals surface area contributed by atoms with Gasteiger partial charge in [0.15, 0.2) is 17.3 Å². The van der Waals surface area contributed by atoms with Crippen molar-refractivity contribution in [2.24, 2.45) is 5.92 Å². The van der Waals surface area contributed by atoms with Gasteiger partial charge in [-0.1, -0.05) is 36.4 Å². The fraction of sp³-hybridized carbons (Fsp3) is 0.207. The third-order valence-electron chi connectivity index (χ3n) is 6.24. The number of fused-ring (bicyclic) bond motifs is 2. The number of carbonyl (C=O) groups excluding carboxylic acids is 1. The van der Waals surface area contributed by atoms with E-state index in [9.17, 15) is 9.90 Å². The van der Waals surface area contributed by atoms with Crippen LogP contribution in [0.4, 0.5) is 0 Å². The van der Waals surface area contributed by atoms with Crippen LogP contribution in [0, 0.1) is 5.92 Å². The first-order valence-corrected chi connectivity index (χ1v) is 12.8. The number of ketones is 1. The average molecular weight is 486 g/mol. The second-order valence-corrected chi connectivity index (χ2v) is 9.39. The molecule has 1 atom stereocenters. The zero-order valence-corrected chi connectivity index (χ0v) is 20.3. The van der Waals surface area contributed by atoms with Crippen LogP contribution >= 0.6 is 11.8 Å². The fourth-order valence-electron chi connectivity index (χ4n) is 4.38. The van der Waals surface area contributed by atoms with Crippen LogP contribution in [0.3, 0.4) is 0 Å². The molecule has 4 aromatic rings. The van der Waals surface area contributed by atoms with E-state index in [-0.39, 0.29) is 18.3 Å². The number of para-hydroxylation sites is 1. The lowest BCUT2D eigenvalue weighted by Crippen LogP contribution is -2.18. The van der Waals surface area contributed by atoms with E-state index in [1.807, 2.05) is 54.9 Å². The Labute approximate surface area is 208 Å². The predicted octanol–water partition coefficient (Wildman–Crippen LogP) is 5.92. The number of ether oxygens (including phenoxy) is 2. The molecule has 0 spiro atoms. The van der Waals surface area contributed by atoms with E-state index < -0.39 is 0 Å². The normalized spacial score (nSPS) is 13.9. The lowest BCUT2D eigenvalue weighted by molar-refractivity contribution is 0.103. The van der Waals surface area contributed by atoms with Crippen LogP contribution in [0.5, 0.6) is 11.5 Å². The zero-order valence-electron chi connectivity index (χ0n) is 19.5. The minimum absolute atomic E-state index is 0.0527. The van der Waals surface area contributed by atoms with Crippen LogP contribution in [-0.4, -0.2) is 42.0 Å².